The number of thiophene rings is 1. The van der Waals surface area contributed by atoms with E-state index in [0.717, 1.165) is 10.6 Å². The Morgan fingerprint density at radius 3 is 2.62 bits per heavy atom. The maximum atomic E-state index is 11.9. The van der Waals surface area contributed by atoms with Gasteiger partial charge in [-0.3, -0.25) is 4.79 Å². The van der Waals surface area contributed by atoms with Crippen LogP contribution in [0.25, 0.3) is 0 Å². The molecule has 0 spiro atoms. The summed E-state index contributed by atoms with van der Waals surface area (Å²) in [4.78, 5) is 12.4. The molecule has 0 unspecified atom stereocenters. The third-order valence-electron chi connectivity index (χ3n) is 3.04. The van der Waals surface area contributed by atoms with Crippen molar-refractivity contribution >= 4 is 39.4 Å². The van der Waals surface area contributed by atoms with Gasteiger partial charge in [0.1, 0.15) is 5.00 Å². The number of nitrogens with one attached hydrogen (secondary N) is 1. The Hall–Kier alpha value is -1.72. The average Bonchev–Trinajstić information content (AvgIpc) is 2.82. The number of methoxy groups -OCH3 is 1. The number of carbonyl (C=O) groups excluding carboxylic acids is 1. The smallest absolute Gasteiger partial charge is 0.176 e. The number of benzene rings is 1. The highest BCUT2D eigenvalue weighted by Gasteiger charge is 2.20. The van der Waals surface area contributed by atoms with E-state index < -0.39 is 0 Å². The van der Waals surface area contributed by atoms with Crippen LogP contribution in [0.15, 0.2) is 24.3 Å². The van der Waals surface area contributed by atoms with Gasteiger partial charge in [0.25, 0.3) is 0 Å². The molecule has 0 saturated heterocycles. The molecule has 0 bridgehead atoms. The minimum absolute atomic E-state index is 0.0235. The first kappa shape index (κ1) is 15.7. The quantitative estimate of drug-likeness (QED) is 0.782. The minimum Gasteiger partial charge on any atom is -0.492 e. The fourth-order valence-corrected chi connectivity index (χ4v) is 3.12. The van der Waals surface area contributed by atoms with E-state index in [1.807, 2.05) is 31.2 Å². The van der Waals surface area contributed by atoms with Crippen molar-refractivity contribution in [2.75, 3.05) is 18.2 Å². The van der Waals surface area contributed by atoms with Crippen molar-refractivity contribution in [3.8, 4) is 5.75 Å². The molecule has 1 heterocycles. The summed E-state index contributed by atoms with van der Waals surface area (Å²) < 4.78 is 5.31. The Labute approximate surface area is 132 Å². The summed E-state index contributed by atoms with van der Waals surface area (Å²) in [6, 6.07) is 7.56. The van der Waals surface area contributed by atoms with Gasteiger partial charge in [0.15, 0.2) is 11.5 Å². The van der Waals surface area contributed by atoms with Crippen LogP contribution in [0.3, 0.4) is 0 Å². The van der Waals surface area contributed by atoms with Gasteiger partial charge in [0.05, 0.1) is 17.7 Å². The number of nitrogens with two attached hydrogens (primary N) is 1. The standard InChI is InChI=1S/C15H17ClN2O2S/c1-3-11(19)14-12(17)13(20-2)15(21-14)18-8-9-4-6-10(16)7-5-9/h4-7,18H,3,8,17H2,1-2H3. The number of rotatable bonds is 6. The Morgan fingerprint density at radius 1 is 1.38 bits per heavy atom. The third kappa shape index (κ3) is 3.49. The highest BCUT2D eigenvalue weighted by molar-refractivity contribution is 7.19. The summed E-state index contributed by atoms with van der Waals surface area (Å²) in [5, 5.41) is 4.73. The molecule has 0 aliphatic rings. The normalized spacial score (nSPS) is 10.4. The zero-order valence-corrected chi connectivity index (χ0v) is 13.5. The number of hydrogen-bond donors (Lipinski definition) is 2. The van der Waals surface area contributed by atoms with Gasteiger partial charge >= 0.3 is 0 Å². The lowest BCUT2D eigenvalue weighted by molar-refractivity contribution is 0.0992. The number of anilines is 2. The lowest BCUT2D eigenvalue weighted by atomic mass is 10.2. The first-order valence-corrected chi connectivity index (χ1v) is 7.74. The molecule has 2 rings (SSSR count). The van der Waals surface area contributed by atoms with Crippen LogP contribution < -0.4 is 15.8 Å². The van der Waals surface area contributed by atoms with Gasteiger partial charge in [-0.15, -0.1) is 11.3 Å². The van der Waals surface area contributed by atoms with E-state index in [1.54, 1.807) is 7.11 Å². The highest BCUT2D eigenvalue weighted by atomic mass is 35.5. The zero-order valence-electron chi connectivity index (χ0n) is 11.9. The summed E-state index contributed by atoms with van der Waals surface area (Å²) >= 11 is 7.19. The van der Waals surface area contributed by atoms with Crippen LogP contribution in [-0.2, 0) is 6.54 Å². The Balaban J connectivity index is 2.19. The van der Waals surface area contributed by atoms with E-state index in [9.17, 15) is 4.79 Å². The Bertz CT molecular complexity index is 638. The largest absolute Gasteiger partial charge is 0.492 e. The fraction of sp³-hybridized carbons (Fsp3) is 0.267. The van der Waals surface area contributed by atoms with Gasteiger partial charge in [-0.1, -0.05) is 30.7 Å². The molecular formula is C15H17ClN2O2S. The van der Waals surface area contributed by atoms with Crippen LogP contribution >= 0.6 is 22.9 Å². The molecule has 0 aliphatic heterocycles. The lowest BCUT2D eigenvalue weighted by Gasteiger charge is -2.07. The molecule has 21 heavy (non-hydrogen) atoms. The van der Waals surface area contributed by atoms with E-state index in [0.29, 0.717) is 34.3 Å². The second kappa shape index (κ2) is 6.83. The van der Waals surface area contributed by atoms with Crippen LogP contribution in [0.2, 0.25) is 5.02 Å². The predicted molar refractivity (Wildman–Crippen MR) is 88.7 cm³/mol. The van der Waals surface area contributed by atoms with Crippen molar-refractivity contribution < 1.29 is 9.53 Å². The van der Waals surface area contributed by atoms with Crippen molar-refractivity contribution in [1.82, 2.24) is 0 Å². The molecule has 0 radical (unpaired) electrons. The number of nitrogen functional groups attached to an aromatic ring is 1. The Kier molecular flexibility index (Phi) is 5.09. The summed E-state index contributed by atoms with van der Waals surface area (Å²) in [6.45, 7) is 2.42. The topological polar surface area (TPSA) is 64.3 Å². The van der Waals surface area contributed by atoms with Crippen molar-refractivity contribution in [2.45, 2.75) is 19.9 Å². The van der Waals surface area contributed by atoms with Crippen LogP contribution in [0.5, 0.6) is 5.75 Å². The van der Waals surface area contributed by atoms with Gasteiger partial charge in [-0.2, -0.15) is 0 Å². The van der Waals surface area contributed by atoms with Gasteiger partial charge in [0.2, 0.25) is 0 Å². The minimum atomic E-state index is 0.0235. The van der Waals surface area contributed by atoms with Crippen LogP contribution in [0, 0.1) is 0 Å². The average molecular weight is 325 g/mol. The van der Waals surface area contributed by atoms with Gasteiger partial charge in [0, 0.05) is 18.0 Å². The van der Waals surface area contributed by atoms with E-state index in [4.69, 9.17) is 22.1 Å². The second-order valence-corrected chi connectivity index (χ2v) is 5.92. The molecule has 0 saturated carbocycles. The van der Waals surface area contributed by atoms with Crippen molar-refractivity contribution in [2.24, 2.45) is 0 Å². The lowest BCUT2D eigenvalue weighted by Crippen LogP contribution is -2.00. The third-order valence-corrected chi connectivity index (χ3v) is 4.48. The van der Waals surface area contributed by atoms with Gasteiger partial charge in [-0.25, -0.2) is 0 Å². The summed E-state index contributed by atoms with van der Waals surface area (Å²) in [6.07, 6.45) is 0.421. The second-order valence-electron chi connectivity index (χ2n) is 4.46. The number of Topliss-reactive ketones (excluding diaryl/α,β-unsaturated/α-hetero) is 1. The number of ketones is 1. The molecule has 0 fully saturated rings. The molecule has 112 valence electrons. The summed E-state index contributed by atoms with van der Waals surface area (Å²) in [7, 11) is 1.55. The highest BCUT2D eigenvalue weighted by Crippen LogP contribution is 2.43. The molecule has 0 atom stereocenters. The van der Waals surface area contributed by atoms with Crippen LogP contribution in [0.4, 0.5) is 10.7 Å². The first-order valence-electron chi connectivity index (χ1n) is 6.54. The monoisotopic (exact) mass is 324 g/mol. The maximum absolute atomic E-state index is 11.9. The SMILES string of the molecule is CCC(=O)c1sc(NCc2ccc(Cl)cc2)c(OC)c1N. The molecular weight excluding hydrogens is 308 g/mol. The number of carbonyl (C=O) groups is 1. The molecule has 3 N–H and O–H groups in total. The number of ether oxygens (including phenoxy) is 1. The predicted octanol–water partition coefficient (Wildman–Crippen LogP) is 4.20. The maximum Gasteiger partial charge on any atom is 0.176 e. The van der Waals surface area contributed by atoms with E-state index in [1.165, 1.54) is 11.3 Å². The molecule has 4 nitrogen and oxygen atoms in total. The Morgan fingerprint density at radius 2 is 2.05 bits per heavy atom. The first-order chi connectivity index (χ1) is 10.1. The van der Waals surface area contributed by atoms with Crippen LogP contribution in [0.1, 0.15) is 28.6 Å². The molecule has 0 aliphatic carbocycles. The van der Waals surface area contributed by atoms with Gasteiger partial charge < -0.3 is 15.8 Å². The molecule has 1 aromatic heterocycles. The fourth-order valence-electron chi connectivity index (χ4n) is 1.90. The van der Waals surface area contributed by atoms with E-state index in [-0.39, 0.29) is 5.78 Å². The zero-order chi connectivity index (χ0) is 15.4. The summed E-state index contributed by atoms with van der Waals surface area (Å²) in [5.74, 6) is 0.557. The summed E-state index contributed by atoms with van der Waals surface area (Å²) in [5.41, 5.74) is 7.48. The van der Waals surface area contributed by atoms with E-state index >= 15 is 0 Å². The number of halogens is 1. The molecule has 6 heteroatoms. The van der Waals surface area contributed by atoms with Gasteiger partial charge in [-0.05, 0) is 17.7 Å². The van der Waals surface area contributed by atoms with Crippen molar-refractivity contribution in [3.63, 3.8) is 0 Å². The molecule has 0 amide bonds. The molecule has 2 aromatic rings. The number of hydrogen-bond acceptors (Lipinski definition) is 5. The van der Waals surface area contributed by atoms with Crippen LogP contribution in [-0.4, -0.2) is 12.9 Å². The van der Waals surface area contributed by atoms with Crippen molar-refractivity contribution in [1.29, 1.82) is 0 Å². The van der Waals surface area contributed by atoms with E-state index in [2.05, 4.69) is 5.32 Å². The molecule has 1 aromatic carbocycles. The van der Waals surface area contributed by atoms with Crippen molar-refractivity contribution in [3.05, 3.63) is 39.7 Å².